The van der Waals surface area contributed by atoms with Gasteiger partial charge in [-0.2, -0.15) is 0 Å². The average Bonchev–Trinajstić information content (AvgIpc) is 2.29. The lowest BCUT2D eigenvalue weighted by Crippen LogP contribution is -2.30. The third-order valence-electron chi connectivity index (χ3n) is 2.02. The molecular formula is C11H13F3N2O. The summed E-state index contributed by atoms with van der Waals surface area (Å²) >= 11 is 0. The maximum absolute atomic E-state index is 13.1. The van der Waals surface area contributed by atoms with Gasteiger partial charge in [0.25, 0.3) is 0 Å². The van der Waals surface area contributed by atoms with E-state index in [1.54, 1.807) is 0 Å². The average molecular weight is 246 g/mol. The lowest BCUT2D eigenvalue weighted by Gasteiger charge is -2.08. The normalized spacial score (nSPS) is 10.1. The van der Waals surface area contributed by atoms with Crippen molar-refractivity contribution in [3.05, 3.63) is 29.6 Å². The van der Waals surface area contributed by atoms with Crippen LogP contribution in [0, 0.1) is 17.5 Å². The second-order valence-corrected chi connectivity index (χ2v) is 3.45. The van der Waals surface area contributed by atoms with E-state index < -0.39 is 17.5 Å². The van der Waals surface area contributed by atoms with Gasteiger partial charge in [-0.1, -0.05) is 6.92 Å². The molecule has 0 bridgehead atoms. The number of nitrogens with one attached hydrogen (secondary N) is 2. The number of hydrogen-bond donors (Lipinski definition) is 2. The summed E-state index contributed by atoms with van der Waals surface area (Å²) in [7, 11) is 0. The number of carbonyl (C=O) groups is 1. The molecule has 0 aliphatic heterocycles. The Kier molecular flexibility index (Phi) is 4.81. The molecule has 0 atom stereocenters. The van der Waals surface area contributed by atoms with Gasteiger partial charge in [0, 0.05) is 18.7 Å². The van der Waals surface area contributed by atoms with Gasteiger partial charge in [0.2, 0.25) is 5.91 Å². The molecular weight excluding hydrogens is 233 g/mol. The zero-order valence-corrected chi connectivity index (χ0v) is 9.32. The van der Waals surface area contributed by atoms with Crippen molar-refractivity contribution < 1.29 is 18.0 Å². The van der Waals surface area contributed by atoms with Crippen LogP contribution in [0.1, 0.15) is 13.3 Å². The predicted octanol–water partition coefficient (Wildman–Crippen LogP) is 2.04. The molecule has 6 heteroatoms. The molecule has 0 aliphatic rings. The highest BCUT2D eigenvalue weighted by Gasteiger charge is 2.10. The van der Waals surface area contributed by atoms with E-state index in [1.807, 2.05) is 6.92 Å². The van der Waals surface area contributed by atoms with Crippen LogP contribution in [-0.4, -0.2) is 19.0 Å². The minimum atomic E-state index is -1.26. The molecule has 0 saturated carbocycles. The van der Waals surface area contributed by atoms with Crippen LogP contribution in [-0.2, 0) is 4.79 Å². The Bertz CT molecular complexity index is 410. The van der Waals surface area contributed by atoms with Crippen LogP contribution in [0.4, 0.5) is 18.9 Å². The fourth-order valence-electron chi connectivity index (χ4n) is 1.16. The summed E-state index contributed by atoms with van der Waals surface area (Å²) in [5, 5.41) is 4.95. The summed E-state index contributed by atoms with van der Waals surface area (Å²) in [5.41, 5.74) is -0.240. The number of hydrogen-bond acceptors (Lipinski definition) is 2. The molecule has 0 aromatic heterocycles. The quantitative estimate of drug-likeness (QED) is 0.781. The monoisotopic (exact) mass is 246 g/mol. The fraction of sp³-hybridized carbons (Fsp3) is 0.364. The van der Waals surface area contributed by atoms with Gasteiger partial charge in [-0.25, -0.2) is 13.2 Å². The van der Waals surface area contributed by atoms with Gasteiger partial charge in [0.05, 0.1) is 12.2 Å². The molecule has 3 nitrogen and oxygen atoms in total. The minimum Gasteiger partial charge on any atom is -0.374 e. The largest absolute Gasteiger partial charge is 0.374 e. The molecule has 17 heavy (non-hydrogen) atoms. The van der Waals surface area contributed by atoms with Crippen LogP contribution in [0.25, 0.3) is 0 Å². The summed E-state index contributed by atoms with van der Waals surface area (Å²) in [6, 6.07) is 1.11. The van der Waals surface area contributed by atoms with Crippen molar-refractivity contribution in [1.29, 1.82) is 0 Å². The van der Waals surface area contributed by atoms with Gasteiger partial charge in [-0.3, -0.25) is 4.79 Å². The summed E-state index contributed by atoms with van der Waals surface area (Å²) in [6.45, 7) is 2.21. The summed E-state index contributed by atoms with van der Waals surface area (Å²) in [6.07, 6.45) is 0.783. The first-order valence-electron chi connectivity index (χ1n) is 5.19. The van der Waals surface area contributed by atoms with Gasteiger partial charge in [-0.05, 0) is 6.42 Å². The number of benzene rings is 1. The molecule has 0 aliphatic carbocycles. The Labute approximate surface area is 97.0 Å². The van der Waals surface area contributed by atoms with Crippen LogP contribution in [0.15, 0.2) is 12.1 Å². The predicted molar refractivity (Wildman–Crippen MR) is 58.1 cm³/mol. The highest BCUT2D eigenvalue weighted by molar-refractivity contribution is 5.80. The van der Waals surface area contributed by atoms with Gasteiger partial charge in [0.1, 0.15) is 5.82 Å². The van der Waals surface area contributed by atoms with Gasteiger partial charge in [0.15, 0.2) is 11.6 Å². The summed E-state index contributed by atoms with van der Waals surface area (Å²) in [4.78, 5) is 11.2. The Morgan fingerprint density at radius 3 is 2.47 bits per heavy atom. The van der Waals surface area contributed by atoms with E-state index in [0.29, 0.717) is 18.7 Å². The van der Waals surface area contributed by atoms with Crippen LogP contribution in [0.2, 0.25) is 0 Å². The Hall–Kier alpha value is -1.72. The zero-order valence-electron chi connectivity index (χ0n) is 9.32. The van der Waals surface area contributed by atoms with E-state index in [2.05, 4.69) is 10.6 Å². The first-order valence-corrected chi connectivity index (χ1v) is 5.19. The molecule has 1 amide bonds. The topological polar surface area (TPSA) is 41.1 Å². The molecule has 1 aromatic carbocycles. The smallest absolute Gasteiger partial charge is 0.239 e. The molecule has 1 aromatic rings. The number of carbonyl (C=O) groups excluding carboxylic acids is 1. The van der Waals surface area contributed by atoms with Crippen molar-refractivity contribution in [1.82, 2.24) is 5.32 Å². The van der Waals surface area contributed by atoms with Crippen LogP contribution in [0.3, 0.4) is 0 Å². The molecule has 0 heterocycles. The standard InChI is InChI=1S/C11H13F3N2O/c1-2-3-15-11(17)6-16-10-5-8(13)7(12)4-9(10)14/h4-5,16H,2-3,6H2,1H3,(H,15,17). The van der Waals surface area contributed by atoms with Gasteiger partial charge in [-0.15, -0.1) is 0 Å². The third-order valence-corrected chi connectivity index (χ3v) is 2.02. The Morgan fingerprint density at radius 2 is 1.82 bits per heavy atom. The first-order chi connectivity index (χ1) is 8.04. The highest BCUT2D eigenvalue weighted by atomic mass is 19.2. The van der Waals surface area contributed by atoms with E-state index in [0.717, 1.165) is 6.42 Å². The van der Waals surface area contributed by atoms with Crippen molar-refractivity contribution in [2.24, 2.45) is 0 Å². The zero-order chi connectivity index (χ0) is 12.8. The van der Waals surface area contributed by atoms with Crippen molar-refractivity contribution in [2.75, 3.05) is 18.4 Å². The molecule has 0 spiro atoms. The lowest BCUT2D eigenvalue weighted by molar-refractivity contribution is -0.119. The molecule has 2 N–H and O–H groups in total. The van der Waals surface area contributed by atoms with Crippen molar-refractivity contribution in [3.8, 4) is 0 Å². The SMILES string of the molecule is CCCNC(=O)CNc1cc(F)c(F)cc1F. The van der Waals surface area contributed by atoms with E-state index in [1.165, 1.54) is 0 Å². The molecule has 0 radical (unpaired) electrons. The lowest BCUT2D eigenvalue weighted by atomic mass is 10.3. The Balaban J connectivity index is 2.57. The highest BCUT2D eigenvalue weighted by Crippen LogP contribution is 2.17. The molecule has 94 valence electrons. The number of halogens is 3. The molecule has 1 rings (SSSR count). The summed E-state index contributed by atoms with van der Waals surface area (Å²) < 4.78 is 38.5. The minimum absolute atomic E-state index is 0.192. The van der Waals surface area contributed by atoms with E-state index >= 15 is 0 Å². The fourth-order valence-corrected chi connectivity index (χ4v) is 1.16. The van der Waals surface area contributed by atoms with Crippen molar-refractivity contribution >= 4 is 11.6 Å². The Morgan fingerprint density at radius 1 is 1.18 bits per heavy atom. The van der Waals surface area contributed by atoms with E-state index in [-0.39, 0.29) is 18.1 Å². The van der Waals surface area contributed by atoms with Gasteiger partial charge < -0.3 is 10.6 Å². The second kappa shape index (κ2) is 6.12. The van der Waals surface area contributed by atoms with Crippen molar-refractivity contribution in [3.63, 3.8) is 0 Å². The molecule has 0 fully saturated rings. The maximum atomic E-state index is 13.1. The number of anilines is 1. The summed E-state index contributed by atoms with van der Waals surface area (Å²) in [5.74, 6) is -3.70. The van der Waals surface area contributed by atoms with E-state index in [9.17, 15) is 18.0 Å². The van der Waals surface area contributed by atoms with Crippen LogP contribution in [0.5, 0.6) is 0 Å². The number of amides is 1. The maximum Gasteiger partial charge on any atom is 0.239 e. The van der Waals surface area contributed by atoms with Gasteiger partial charge >= 0.3 is 0 Å². The van der Waals surface area contributed by atoms with Crippen LogP contribution < -0.4 is 10.6 Å². The third kappa shape index (κ3) is 3.97. The van der Waals surface area contributed by atoms with Crippen LogP contribution >= 0.6 is 0 Å². The van der Waals surface area contributed by atoms with Crippen molar-refractivity contribution in [2.45, 2.75) is 13.3 Å². The van der Waals surface area contributed by atoms with E-state index in [4.69, 9.17) is 0 Å². The molecule has 0 saturated heterocycles. The molecule has 0 unspecified atom stereocenters. The second-order valence-electron chi connectivity index (χ2n) is 3.45. The first kappa shape index (κ1) is 13.3. The number of rotatable bonds is 5.